The van der Waals surface area contributed by atoms with Crippen molar-refractivity contribution in [1.82, 2.24) is 0 Å². The van der Waals surface area contributed by atoms with Crippen molar-refractivity contribution in [3.8, 4) is 23.0 Å². The number of ether oxygens (including phenoxy) is 1. The van der Waals surface area contributed by atoms with Gasteiger partial charge in [0.25, 0.3) is 0 Å². The first-order valence-corrected chi connectivity index (χ1v) is 15.3. The summed E-state index contributed by atoms with van der Waals surface area (Å²) in [6.07, 6.45) is 0.856. The van der Waals surface area contributed by atoms with Crippen LogP contribution in [0.3, 0.4) is 0 Å². The Morgan fingerprint density at radius 2 is 0.867 bits per heavy atom. The molecule has 1 heterocycles. The molecule has 1 spiro atoms. The predicted octanol–water partition coefficient (Wildman–Crippen LogP) is 10.1. The molecule has 0 radical (unpaired) electrons. The summed E-state index contributed by atoms with van der Waals surface area (Å²) < 4.78 is 7.29. The molecule has 0 unspecified atom stereocenters. The SMILES string of the molecule is Oc1cc2ccc3c(c2c2ccccc12)Oc1c(ccc2cc(O)c4ccccc4c12)C31c2ccccc2Cc2ccccc21. The molecule has 1 aliphatic heterocycles. The standard InChI is InChI=1S/C42H26O3/c43-36-22-26-17-19-34-40(38(26)30-13-5-3-11-28(30)36)45-41-35(20-18-27-23-37(44)29-12-4-6-14-31(29)39(27)41)42(34)32-15-7-1-9-24(32)21-25-10-2-8-16-33(25)42/h1-20,22-23,43-44H,21H2. The van der Waals surface area contributed by atoms with Gasteiger partial charge in [-0.25, -0.2) is 0 Å². The molecular weight excluding hydrogens is 552 g/mol. The topological polar surface area (TPSA) is 49.7 Å². The number of phenols is 2. The van der Waals surface area contributed by atoms with Crippen LogP contribution >= 0.6 is 0 Å². The molecule has 0 saturated carbocycles. The highest BCUT2D eigenvalue weighted by Gasteiger charge is 2.50. The van der Waals surface area contributed by atoms with Crippen LogP contribution in [0.1, 0.15) is 33.4 Å². The molecule has 8 aromatic carbocycles. The molecule has 3 heteroatoms. The first kappa shape index (κ1) is 24.6. The monoisotopic (exact) mass is 578 g/mol. The third kappa shape index (κ3) is 3.05. The van der Waals surface area contributed by atoms with Crippen LogP contribution in [0.2, 0.25) is 0 Å². The Kier molecular flexibility index (Phi) is 4.73. The van der Waals surface area contributed by atoms with Gasteiger partial charge in [-0.05, 0) is 62.4 Å². The van der Waals surface area contributed by atoms with E-state index in [1.807, 2.05) is 48.5 Å². The molecule has 45 heavy (non-hydrogen) atoms. The summed E-state index contributed by atoms with van der Waals surface area (Å²) in [4.78, 5) is 0. The molecule has 3 nitrogen and oxygen atoms in total. The Bertz CT molecular complexity index is 2400. The van der Waals surface area contributed by atoms with Crippen molar-refractivity contribution in [3.05, 3.63) is 167 Å². The van der Waals surface area contributed by atoms with Crippen LogP contribution in [0.4, 0.5) is 0 Å². The number of rotatable bonds is 0. The van der Waals surface area contributed by atoms with Gasteiger partial charge in [-0.3, -0.25) is 0 Å². The molecule has 0 fully saturated rings. The molecule has 1 aliphatic carbocycles. The summed E-state index contributed by atoms with van der Waals surface area (Å²) in [7, 11) is 0. The maximum Gasteiger partial charge on any atom is 0.140 e. The normalized spacial score (nSPS) is 14.2. The van der Waals surface area contributed by atoms with Crippen LogP contribution in [0.15, 0.2) is 133 Å². The number of hydrogen-bond acceptors (Lipinski definition) is 3. The Balaban J connectivity index is 1.48. The number of aromatic hydroxyl groups is 2. The summed E-state index contributed by atoms with van der Waals surface area (Å²) in [5.41, 5.74) is 6.59. The van der Waals surface area contributed by atoms with Gasteiger partial charge in [-0.15, -0.1) is 0 Å². The highest BCUT2D eigenvalue weighted by molar-refractivity contribution is 6.16. The molecule has 0 amide bonds. The van der Waals surface area contributed by atoms with Gasteiger partial charge < -0.3 is 14.9 Å². The minimum atomic E-state index is -0.658. The third-order valence-electron chi connectivity index (χ3n) is 10.1. The van der Waals surface area contributed by atoms with E-state index in [0.29, 0.717) is 0 Å². The molecule has 8 aromatic rings. The highest BCUT2D eigenvalue weighted by atomic mass is 16.5. The number of fused-ring (bicyclic) bond motifs is 16. The van der Waals surface area contributed by atoms with E-state index in [4.69, 9.17) is 4.74 Å². The van der Waals surface area contributed by atoms with E-state index in [2.05, 4.69) is 84.9 Å². The van der Waals surface area contributed by atoms with Gasteiger partial charge in [0.2, 0.25) is 0 Å². The van der Waals surface area contributed by atoms with E-state index in [-0.39, 0.29) is 11.5 Å². The quantitative estimate of drug-likeness (QED) is 0.176. The minimum absolute atomic E-state index is 0.254. The van der Waals surface area contributed by atoms with Crippen LogP contribution in [0.5, 0.6) is 23.0 Å². The van der Waals surface area contributed by atoms with E-state index in [1.165, 1.54) is 22.3 Å². The Labute approximate surface area is 259 Å². The van der Waals surface area contributed by atoms with Crippen molar-refractivity contribution >= 4 is 43.1 Å². The van der Waals surface area contributed by atoms with Gasteiger partial charge in [-0.1, -0.05) is 121 Å². The van der Waals surface area contributed by atoms with Crippen LogP contribution in [0, 0.1) is 0 Å². The Hall–Kier alpha value is -5.80. The molecule has 2 N–H and O–H groups in total. The smallest absolute Gasteiger partial charge is 0.140 e. The molecule has 0 bridgehead atoms. The maximum atomic E-state index is 11.1. The largest absolute Gasteiger partial charge is 0.507 e. The average molecular weight is 579 g/mol. The number of benzene rings is 8. The molecule has 0 saturated heterocycles. The zero-order chi connectivity index (χ0) is 29.9. The van der Waals surface area contributed by atoms with Crippen LogP contribution in [-0.4, -0.2) is 10.2 Å². The van der Waals surface area contributed by atoms with Crippen LogP contribution in [-0.2, 0) is 11.8 Å². The van der Waals surface area contributed by atoms with Gasteiger partial charge >= 0.3 is 0 Å². The number of phenolic OH excluding ortho intramolecular Hbond substituents is 2. The van der Waals surface area contributed by atoms with Crippen molar-refractivity contribution in [1.29, 1.82) is 0 Å². The second-order valence-electron chi connectivity index (χ2n) is 12.3. The van der Waals surface area contributed by atoms with Gasteiger partial charge in [0, 0.05) is 32.7 Å². The Morgan fingerprint density at radius 3 is 1.36 bits per heavy atom. The van der Waals surface area contributed by atoms with Gasteiger partial charge in [0.1, 0.15) is 23.0 Å². The van der Waals surface area contributed by atoms with Crippen molar-refractivity contribution in [3.63, 3.8) is 0 Å². The maximum absolute atomic E-state index is 11.1. The fraction of sp³-hybridized carbons (Fsp3) is 0.0476. The zero-order valence-corrected chi connectivity index (χ0v) is 24.2. The van der Waals surface area contributed by atoms with E-state index in [0.717, 1.165) is 72.1 Å². The third-order valence-corrected chi connectivity index (χ3v) is 10.1. The van der Waals surface area contributed by atoms with Gasteiger partial charge in [-0.2, -0.15) is 0 Å². The summed E-state index contributed by atoms with van der Waals surface area (Å²) in [6.45, 7) is 0. The highest BCUT2D eigenvalue weighted by Crippen LogP contribution is 2.62. The van der Waals surface area contributed by atoms with E-state index < -0.39 is 5.41 Å². The summed E-state index contributed by atoms with van der Waals surface area (Å²) in [5, 5.41) is 29.4. The second-order valence-corrected chi connectivity index (χ2v) is 12.3. The Morgan fingerprint density at radius 1 is 0.444 bits per heavy atom. The van der Waals surface area contributed by atoms with E-state index >= 15 is 0 Å². The molecule has 2 aliphatic rings. The lowest BCUT2D eigenvalue weighted by atomic mass is 9.58. The minimum Gasteiger partial charge on any atom is -0.507 e. The predicted molar refractivity (Wildman–Crippen MR) is 181 cm³/mol. The van der Waals surface area contributed by atoms with Gasteiger partial charge in [0.05, 0.1) is 5.41 Å². The lowest BCUT2D eigenvalue weighted by Crippen LogP contribution is -2.38. The zero-order valence-electron chi connectivity index (χ0n) is 24.2. The van der Waals surface area contributed by atoms with Crippen molar-refractivity contribution in [2.45, 2.75) is 11.8 Å². The number of hydrogen-bond donors (Lipinski definition) is 2. The second kappa shape index (κ2) is 8.64. The lowest BCUT2D eigenvalue weighted by Gasteiger charge is -2.46. The average Bonchev–Trinajstić information content (AvgIpc) is 3.08. The molecule has 0 aromatic heterocycles. The van der Waals surface area contributed by atoms with Gasteiger partial charge in [0.15, 0.2) is 0 Å². The molecular formula is C42H26O3. The van der Waals surface area contributed by atoms with E-state index in [1.54, 1.807) is 0 Å². The summed E-state index contributed by atoms with van der Waals surface area (Å²) >= 11 is 0. The van der Waals surface area contributed by atoms with Crippen molar-refractivity contribution in [2.24, 2.45) is 0 Å². The van der Waals surface area contributed by atoms with Crippen molar-refractivity contribution < 1.29 is 14.9 Å². The first-order valence-electron chi connectivity index (χ1n) is 15.3. The molecule has 212 valence electrons. The molecule has 0 atom stereocenters. The van der Waals surface area contributed by atoms with E-state index in [9.17, 15) is 10.2 Å². The summed E-state index contributed by atoms with van der Waals surface area (Å²) in [5.74, 6) is 2.10. The first-order chi connectivity index (χ1) is 22.1. The fourth-order valence-electron chi connectivity index (χ4n) is 8.35. The van der Waals surface area contributed by atoms with Crippen molar-refractivity contribution in [2.75, 3.05) is 0 Å². The fourth-order valence-corrected chi connectivity index (χ4v) is 8.35. The molecule has 10 rings (SSSR count). The lowest BCUT2D eigenvalue weighted by molar-refractivity contribution is 0.443. The van der Waals surface area contributed by atoms with Crippen LogP contribution in [0.25, 0.3) is 43.1 Å². The van der Waals surface area contributed by atoms with Crippen LogP contribution < -0.4 is 4.74 Å². The summed E-state index contributed by atoms with van der Waals surface area (Å²) in [6, 6.07) is 46.0.